The van der Waals surface area contributed by atoms with Gasteiger partial charge in [-0.05, 0) is 118 Å². The topological polar surface area (TPSA) is 38.3 Å². The lowest BCUT2D eigenvalue weighted by Crippen LogP contribution is -2.53. The van der Waals surface area contributed by atoms with E-state index in [1.54, 1.807) is 0 Å². The Hall–Kier alpha value is -0.480. The number of carbonyl (C=O) groups is 1. The van der Waals surface area contributed by atoms with Crippen LogP contribution in [0.1, 0.15) is 78.6 Å². The lowest BCUT2D eigenvalue weighted by molar-refractivity contribution is -0.135. The van der Waals surface area contributed by atoms with Crippen molar-refractivity contribution in [1.29, 1.82) is 0 Å². The Labute approximate surface area is 193 Å². The van der Waals surface area contributed by atoms with Crippen molar-refractivity contribution in [1.82, 2.24) is 5.32 Å². The summed E-state index contributed by atoms with van der Waals surface area (Å²) in [7, 11) is 2.09. The SMILES string of the molecule is CNC(C)CS[C@H]1CC[C@@]2(C)[C@H](CC[C@@H]3[C@@H]2CC[C@]2(C)[C@@H](C4=CC(=O)OC4)CC[C@@H]32)C1. The van der Waals surface area contributed by atoms with Gasteiger partial charge < -0.3 is 10.1 Å². The molecule has 4 fully saturated rings. The van der Waals surface area contributed by atoms with E-state index in [4.69, 9.17) is 4.74 Å². The summed E-state index contributed by atoms with van der Waals surface area (Å²) in [6.45, 7) is 8.13. The number of fused-ring (bicyclic) bond motifs is 5. The second-order valence-corrected chi connectivity index (χ2v) is 13.4. The standard InChI is InChI=1S/C27H43NO2S/c1-17(28-4)16-31-20-9-11-26(2)19(14-20)5-6-21-23-8-7-22(18-13-25(29)30-15-18)27(23,3)12-10-24(21)26/h13,17,19-24,28H,5-12,14-16H2,1-4H3/t17?,19-,20+,21+,22-,23+,24+,26+,27-/m1/s1. The zero-order valence-electron chi connectivity index (χ0n) is 20.1. The number of nitrogens with one attached hydrogen (secondary N) is 1. The molecule has 5 rings (SSSR count). The zero-order chi connectivity index (χ0) is 21.8. The third kappa shape index (κ3) is 3.72. The largest absolute Gasteiger partial charge is 0.458 e. The Morgan fingerprint density at radius 1 is 1.10 bits per heavy atom. The predicted octanol–water partition coefficient (Wildman–Crippen LogP) is 5.84. The molecule has 174 valence electrons. The van der Waals surface area contributed by atoms with Crippen LogP contribution >= 0.6 is 11.8 Å². The summed E-state index contributed by atoms with van der Waals surface area (Å²) in [5, 5.41) is 4.28. The summed E-state index contributed by atoms with van der Waals surface area (Å²) in [4.78, 5) is 11.7. The number of carbonyl (C=O) groups excluding carboxylic acids is 1. The van der Waals surface area contributed by atoms with E-state index in [2.05, 4.69) is 44.9 Å². The van der Waals surface area contributed by atoms with E-state index in [-0.39, 0.29) is 5.97 Å². The van der Waals surface area contributed by atoms with Crippen molar-refractivity contribution in [3.05, 3.63) is 11.6 Å². The van der Waals surface area contributed by atoms with Gasteiger partial charge in [0.15, 0.2) is 0 Å². The van der Waals surface area contributed by atoms with E-state index < -0.39 is 0 Å². The fourth-order valence-electron chi connectivity index (χ4n) is 8.93. The minimum Gasteiger partial charge on any atom is -0.458 e. The molecule has 3 nitrogen and oxygen atoms in total. The molecule has 0 saturated heterocycles. The Bertz CT molecular complexity index is 737. The Morgan fingerprint density at radius 2 is 1.87 bits per heavy atom. The van der Waals surface area contributed by atoms with Crippen LogP contribution in [0.5, 0.6) is 0 Å². The van der Waals surface area contributed by atoms with Gasteiger partial charge in [0.05, 0.1) is 0 Å². The molecule has 4 heteroatoms. The number of esters is 1. The first kappa shape index (κ1) is 22.3. The number of ether oxygens (including phenoxy) is 1. The van der Waals surface area contributed by atoms with Crippen molar-refractivity contribution in [3.8, 4) is 0 Å². The maximum atomic E-state index is 11.7. The number of rotatable bonds is 5. The summed E-state index contributed by atoms with van der Waals surface area (Å²) >= 11 is 2.24. The van der Waals surface area contributed by atoms with Gasteiger partial charge in [-0.25, -0.2) is 4.79 Å². The molecule has 1 N–H and O–H groups in total. The van der Waals surface area contributed by atoms with Crippen LogP contribution in [0.3, 0.4) is 0 Å². The molecule has 0 aromatic rings. The van der Waals surface area contributed by atoms with Gasteiger partial charge in [0.2, 0.25) is 0 Å². The Morgan fingerprint density at radius 3 is 2.61 bits per heavy atom. The summed E-state index contributed by atoms with van der Waals surface area (Å²) in [5.41, 5.74) is 2.27. The molecule has 0 spiro atoms. The average molecular weight is 446 g/mol. The molecule has 0 amide bonds. The quantitative estimate of drug-likeness (QED) is 0.540. The maximum absolute atomic E-state index is 11.7. The summed E-state index contributed by atoms with van der Waals surface area (Å²) in [6, 6.07) is 0.621. The molecule has 4 aliphatic carbocycles. The molecule has 0 aromatic carbocycles. The van der Waals surface area contributed by atoms with Crippen LogP contribution in [0, 0.1) is 40.4 Å². The van der Waals surface area contributed by atoms with Gasteiger partial charge in [-0.2, -0.15) is 11.8 Å². The fourth-order valence-corrected chi connectivity index (χ4v) is 10.3. The first-order valence-corrected chi connectivity index (χ1v) is 14.1. The first-order chi connectivity index (χ1) is 14.8. The lowest BCUT2D eigenvalue weighted by atomic mass is 9.44. The van der Waals surface area contributed by atoms with Crippen LogP contribution in [0.2, 0.25) is 0 Å². The zero-order valence-corrected chi connectivity index (χ0v) is 20.9. The van der Waals surface area contributed by atoms with E-state index in [0.29, 0.717) is 29.4 Å². The van der Waals surface area contributed by atoms with Crippen molar-refractivity contribution in [2.75, 3.05) is 19.4 Å². The van der Waals surface area contributed by atoms with Crippen molar-refractivity contribution < 1.29 is 9.53 Å². The van der Waals surface area contributed by atoms with Crippen molar-refractivity contribution in [2.24, 2.45) is 40.4 Å². The Kier molecular flexibility index (Phi) is 6.04. The van der Waals surface area contributed by atoms with Gasteiger partial charge in [-0.1, -0.05) is 13.8 Å². The number of hydrogen-bond donors (Lipinski definition) is 1. The molecule has 1 unspecified atom stereocenters. The highest BCUT2D eigenvalue weighted by molar-refractivity contribution is 7.99. The highest BCUT2D eigenvalue weighted by Gasteiger charge is 2.60. The number of cyclic esters (lactones) is 1. The minimum atomic E-state index is -0.109. The summed E-state index contributed by atoms with van der Waals surface area (Å²) in [6.07, 6.45) is 14.5. The van der Waals surface area contributed by atoms with E-state index in [1.165, 1.54) is 69.1 Å². The van der Waals surface area contributed by atoms with Crippen LogP contribution in [-0.4, -0.2) is 36.7 Å². The van der Waals surface area contributed by atoms with Gasteiger partial charge in [0, 0.05) is 23.1 Å². The van der Waals surface area contributed by atoms with Crippen molar-refractivity contribution >= 4 is 17.7 Å². The molecular formula is C27H43NO2S. The van der Waals surface area contributed by atoms with E-state index in [1.807, 2.05) is 6.08 Å². The van der Waals surface area contributed by atoms with Crippen LogP contribution < -0.4 is 5.32 Å². The molecule has 1 aliphatic heterocycles. The third-order valence-corrected chi connectivity index (χ3v) is 12.4. The van der Waals surface area contributed by atoms with Crippen LogP contribution in [-0.2, 0) is 9.53 Å². The van der Waals surface area contributed by atoms with Gasteiger partial charge in [0.25, 0.3) is 0 Å². The molecule has 0 bridgehead atoms. The second kappa shape index (κ2) is 8.38. The monoisotopic (exact) mass is 445 g/mol. The number of thioether (sulfide) groups is 1. The predicted molar refractivity (Wildman–Crippen MR) is 129 cm³/mol. The molecule has 1 heterocycles. The Balaban J connectivity index is 1.28. The molecule has 5 aliphatic rings. The average Bonchev–Trinajstić information content (AvgIpc) is 3.34. The van der Waals surface area contributed by atoms with Gasteiger partial charge in [-0.3, -0.25) is 0 Å². The van der Waals surface area contributed by atoms with E-state index in [9.17, 15) is 4.79 Å². The molecule has 9 atom stereocenters. The minimum absolute atomic E-state index is 0.109. The smallest absolute Gasteiger partial charge is 0.331 e. The third-order valence-electron chi connectivity index (χ3n) is 10.8. The summed E-state index contributed by atoms with van der Waals surface area (Å²) in [5.74, 6) is 5.36. The normalized spacial score (nSPS) is 47.7. The van der Waals surface area contributed by atoms with Crippen LogP contribution in [0.15, 0.2) is 11.6 Å². The van der Waals surface area contributed by atoms with Gasteiger partial charge in [-0.15, -0.1) is 0 Å². The molecule has 0 radical (unpaired) electrons. The van der Waals surface area contributed by atoms with E-state index >= 15 is 0 Å². The summed E-state index contributed by atoms with van der Waals surface area (Å²) < 4.78 is 5.31. The van der Waals surface area contributed by atoms with Crippen LogP contribution in [0.4, 0.5) is 0 Å². The highest BCUT2D eigenvalue weighted by atomic mass is 32.2. The van der Waals surface area contributed by atoms with Crippen molar-refractivity contribution in [2.45, 2.75) is 89.9 Å². The second-order valence-electron chi connectivity index (χ2n) is 12.1. The lowest BCUT2D eigenvalue weighted by Gasteiger charge is -2.61. The van der Waals surface area contributed by atoms with Gasteiger partial charge >= 0.3 is 5.97 Å². The molecule has 4 saturated carbocycles. The molecule has 31 heavy (non-hydrogen) atoms. The van der Waals surface area contributed by atoms with E-state index in [0.717, 1.165) is 28.9 Å². The van der Waals surface area contributed by atoms with Crippen molar-refractivity contribution in [3.63, 3.8) is 0 Å². The molecular weight excluding hydrogens is 402 g/mol. The molecule has 0 aromatic heterocycles. The highest BCUT2D eigenvalue weighted by Crippen LogP contribution is 2.68. The number of hydrogen-bond acceptors (Lipinski definition) is 4. The first-order valence-electron chi connectivity index (χ1n) is 13.0. The van der Waals surface area contributed by atoms with Gasteiger partial charge in [0.1, 0.15) is 6.61 Å². The van der Waals surface area contributed by atoms with Crippen LogP contribution in [0.25, 0.3) is 0 Å². The fraction of sp³-hybridized carbons (Fsp3) is 0.889. The maximum Gasteiger partial charge on any atom is 0.331 e.